The van der Waals surface area contributed by atoms with Crippen LogP contribution < -0.4 is 11.1 Å². The SMILES string of the molecule is CC1(C)CC1NC(=O)C1(C(N)=S)CC1. The van der Waals surface area contributed by atoms with Crippen LogP contribution in [-0.2, 0) is 4.79 Å². The Bertz CT molecular complexity index is 307. The average molecular weight is 212 g/mol. The number of hydrogen-bond acceptors (Lipinski definition) is 2. The summed E-state index contributed by atoms with van der Waals surface area (Å²) in [4.78, 5) is 12.2. The second kappa shape index (κ2) is 2.69. The zero-order chi connectivity index (χ0) is 10.6. The molecule has 1 amide bonds. The van der Waals surface area contributed by atoms with Gasteiger partial charge in [-0.2, -0.15) is 0 Å². The molecule has 3 N–H and O–H groups in total. The molecule has 2 saturated carbocycles. The number of nitrogens with one attached hydrogen (secondary N) is 1. The number of rotatable bonds is 3. The molecule has 0 aliphatic heterocycles. The van der Waals surface area contributed by atoms with Crippen molar-refractivity contribution < 1.29 is 4.79 Å². The molecule has 1 unspecified atom stereocenters. The highest BCUT2D eigenvalue weighted by atomic mass is 32.1. The molecule has 0 saturated heterocycles. The number of nitrogens with two attached hydrogens (primary N) is 1. The minimum atomic E-state index is -0.492. The molecule has 14 heavy (non-hydrogen) atoms. The van der Waals surface area contributed by atoms with Gasteiger partial charge in [0.05, 0.1) is 10.4 Å². The van der Waals surface area contributed by atoms with Crippen molar-refractivity contribution in [2.75, 3.05) is 0 Å². The largest absolute Gasteiger partial charge is 0.392 e. The second-order valence-electron chi connectivity index (χ2n) is 5.17. The van der Waals surface area contributed by atoms with E-state index >= 15 is 0 Å². The van der Waals surface area contributed by atoms with Crippen molar-refractivity contribution in [1.29, 1.82) is 0 Å². The molecular formula is C10H16N2OS. The van der Waals surface area contributed by atoms with Crippen LogP contribution in [0.5, 0.6) is 0 Å². The summed E-state index contributed by atoms with van der Waals surface area (Å²) in [6.45, 7) is 4.30. The predicted molar refractivity (Wildman–Crippen MR) is 58.8 cm³/mol. The summed E-state index contributed by atoms with van der Waals surface area (Å²) in [5, 5.41) is 3.02. The van der Waals surface area contributed by atoms with E-state index < -0.39 is 5.41 Å². The maximum atomic E-state index is 11.8. The molecule has 78 valence electrons. The monoisotopic (exact) mass is 212 g/mol. The van der Waals surface area contributed by atoms with Crippen molar-refractivity contribution in [3.63, 3.8) is 0 Å². The third kappa shape index (κ3) is 1.41. The predicted octanol–water partition coefficient (Wildman–Crippen LogP) is 0.967. The average Bonchev–Trinajstić information content (AvgIpc) is 2.88. The van der Waals surface area contributed by atoms with Crippen LogP contribution in [-0.4, -0.2) is 16.9 Å². The first kappa shape index (κ1) is 9.90. The molecule has 2 rings (SSSR count). The van der Waals surface area contributed by atoms with Crippen molar-refractivity contribution in [2.24, 2.45) is 16.6 Å². The molecule has 2 aliphatic carbocycles. The van der Waals surface area contributed by atoms with E-state index in [1.54, 1.807) is 0 Å². The zero-order valence-corrected chi connectivity index (χ0v) is 9.41. The minimum absolute atomic E-state index is 0.0422. The summed E-state index contributed by atoms with van der Waals surface area (Å²) in [6, 6.07) is 0.321. The maximum absolute atomic E-state index is 11.8. The Balaban J connectivity index is 1.94. The van der Waals surface area contributed by atoms with Gasteiger partial charge in [-0.3, -0.25) is 4.79 Å². The van der Waals surface area contributed by atoms with Gasteiger partial charge < -0.3 is 11.1 Å². The van der Waals surface area contributed by atoms with Crippen LogP contribution in [0.4, 0.5) is 0 Å². The standard InChI is InChI=1S/C10H16N2OS/c1-9(2)5-6(9)12-8(13)10(3-4-10)7(11)14/h6H,3-5H2,1-2H3,(H2,11,14)(H,12,13). The number of hydrogen-bond donors (Lipinski definition) is 2. The molecule has 3 nitrogen and oxygen atoms in total. The van der Waals surface area contributed by atoms with Crippen LogP contribution >= 0.6 is 12.2 Å². The molecule has 0 spiro atoms. The summed E-state index contributed by atoms with van der Waals surface area (Å²) < 4.78 is 0. The fourth-order valence-electron chi connectivity index (χ4n) is 1.72. The van der Waals surface area contributed by atoms with E-state index in [-0.39, 0.29) is 11.3 Å². The van der Waals surface area contributed by atoms with Gasteiger partial charge in [0.2, 0.25) is 5.91 Å². The summed E-state index contributed by atoms with van der Waals surface area (Å²) >= 11 is 4.92. The highest BCUT2D eigenvalue weighted by molar-refractivity contribution is 7.80. The summed E-state index contributed by atoms with van der Waals surface area (Å²) in [6.07, 6.45) is 2.70. The zero-order valence-electron chi connectivity index (χ0n) is 8.59. The van der Waals surface area contributed by atoms with Crippen molar-refractivity contribution in [2.45, 2.75) is 39.2 Å². The molecular weight excluding hydrogens is 196 g/mol. The van der Waals surface area contributed by atoms with Gasteiger partial charge in [0, 0.05) is 6.04 Å². The fraction of sp³-hybridized carbons (Fsp3) is 0.800. The lowest BCUT2D eigenvalue weighted by Gasteiger charge is -2.14. The molecule has 2 aliphatic rings. The van der Waals surface area contributed by atoms with Crippen LogP contribution in [0.2, 0.25) is 0 Å². The molecule has 1 atom stereocenters. The van der Waals surface area contributed by atoms with Crippen molar-refractivity contribution in [1.82, 2.24) is 5.32 Å². The Morgan fingerprint density at radius 2 is 2.00 bits per heavy atom. The van der Waals surface area contributed by atoms with E-state index in [1.807, 2.05) is 0 Å². The van der Waals surface area contributed by atoms with Gasteiger partial charge in [0.15, 0.2) is 0 Å². The highest BCUT2D eigenvalue weighted by Gasteiger charge is 2.56. The van der Waals surface area contributed by atoms with Crippen molar-refractivity contribution in [3.8, 4) is 0 Å². The number of carbonyl (C=O) groups is 1. The first-order valence-electron chi connectivity index (χ1n) is 4.99. The molecule has 0 aromatic rings. The van der Waals surface area contributed by atoms with E-state index in [2.05, 4.69) is 19.2 Å². The smallest absolute Gasteiger partial charge is 0.233 e. The maximum Gasteiger partial charge on any atom is 0.233 e. The summed E-state index contributed by atoms with van der Waals surface area (Å²) in [5.41, 5.74) is 5.34. The van der Waals surface area contributed by atoms with Gasteiger partial charge in [0.25, 0.3) is 0 Å². The Labute approximate surface area is 89.4 Å². The van der Waals surface area contributed by atoms with Crippen LogP contribution in [0.1, 0.15) is 33.1 Å². The number of amides is 1. The topological polar surface area (TPSA) is 55.1 Å². The first-order valence-corrected chi connectivity index (χ1v) is 5.40. The third-order valence-corrected chi connectivity index (χ3v) is 3.87. The Morgan fingerprint density at radius 1 is 1.50 bits per heavy atom. The second-order valence-corrected chi connectivity index (χ2v) is 5.60. The number of thiocarbonyl (C=S) groups is 1. The van der Waals surface area contributed by atoms with Gasteiger partial charge in [-0.15, -0.1) is 0 Å². The van der Waals surface area contributed by atoms with Crippen LogP contribution in [0.3, 0.4) is 0 Å². The lowest BCUT2D eigenvalue weighted by Crippen LogP contribution is -2.41. The van der Waals surface area contributed by atoms with Gasteiger partial charge >= 0.3 is 0 Å². The number of carbonyl (C=O) groups excluding carboxylic acids is 1. The summed E-state index contributed by atoms with van der Waals surface area (Å²) in [5.74, 6) is 0.0422. The summed E-state index contributed by atoms with van der Waals surface area (Å²) in [7, 11) is 0. The lowest BCUT2D eigenvalue weighted by atomic mass is 10.1. The molecule has 4 heteroatoms. The molecule has 0 radical (unpaired) electrons. The van der Waals surface area contributed by atoms with E-state index in [1.165, 1.54) is 0 Å². The van der Waals surface area contributed by atoms with Crippen LogP contribution in [0.25, 0.3) is 0 Å². The van der Waals surface area contributed by atoms with E-state index in [9.17, 15) is 4.79 Å². The minimum Gasteiger partial charge on any atom is -0.392 e. The molecule has 0 bridgehead atoms. The van der Waals surface area contributed by atoms with Crippen molar-refractivity contribution in [3.05, 3.63) is 0 Å². The molecule has 2 fully saturated rings. The van der Waals surface area contributed by atoms with E-state index in [0.717, 1.165) is 19.3 Å². The van der Waals surface area contributed by atoms with Crippen molar-refractivity contribution >= 4 is 23.1 Å². The van der Waals surface area contributed by atoms with E-state index in [0.29, 0.717) is 11.0 Å². The van der Waals surface area contributed by atoms with Gasteiger partial charge in [-0.25, -0.2) is 0 Å². The van der Waals surface area contributed by atoms with Crippen LogP contribution in [0, 0.1) is 10.8 Å². The first-order chi connectivity index (χ1) is 6.38. The molecule has 0 aromatic heterocycles. The van der Waals surface area contributed by atoms with Crippen LogP contribution in [0.15, 0.2) is 0 Å². The third-order valence-electron chi connectivity index (χ3n) is 3.48. The lowest BCUT2D eigenvalue weighted by molar-refractivity contribution is -0.124. The Kier molecular flexibility index (Phi) is 1.90. The highest BCUT2D eigenvalue weighted by Crippen LogP contribution is 2.49. The van der Waals surface area contributed by atoms with E-state index in [4.69, 9.17) is 18.0 Å². The Morgan fingerprint density at radius 3 is 2.29 bits per heavy atom. The quantitative estimate of drug-likeness (QED) is 0.685. The van der Waals surface area contributed by atoms with Gasteiger partial charge in [-0.05, 0) is 24.7 Å². The normalized spacial score (nSPS) is 30.6. The fourth-order valence-corrected chi connectivity index (χ4v) is 2.02. The Hall–Kier alpha value is -0.640. The van der Waals surface area contributed by atoms with Gasteiger partial charge in [0.1, 0.15) is 0 Å². The molecule has 0 heterocycles. The van der Waals surface area contributed by atoms with Gasteiger partial charge in [-0.1, -0.05) is 26.1 Å². The molecule has 0 aromatic carbocycles.